The minimum absolute atomic E-state index is 0. The molecule has 0 atom stereocenters. The van der Waals surface area contributed by atoms with Crippen LogP contribution in [0.1, 0.15) is 0 Å². The topological polar surface area (TPSA) is 57.9 Å². The van der Waals surface area contributed by atoms with Crippen LogP contribution in [0.2, 0.25) is 0 Å². The van der Waals surface area contributed by atoms with Crippen LogP contribution in [0.15, 0.2) is 30.3 Å². The molecule has 0 aliphatic rings. The van der Waals surface area contributed by atoms with Gasteiger partial charge in [0.1, 0.15) is 0 Å². The third-order valence-corrected chi connectivity index (χ3v) is 0.774. The molecule has 0 aliphatic carbocycles. The van der Waals surface area contributed by atoms with Crippen LogP contribution < -0.4 is 0 Å². The van der Waals surface area contributed by atoms with E-state index in [4.69, 9.17) is 12.4 Å². The van der Waals surface area contributed by atoms with E-state index >= 15 is 0 Å². The van der Waals surface area contributed by atoms with E-state index < -0.39 is 19.1 Å². The van der Waals surface area contributed by atoms with Gasteiger partial charge in [-0.25, -0.2) is 0 Å². The molecule has 56 valence electrons. The summed E-state index contributed by atoms with van der Waals surface area (Å²) in [6.07, 6.45) is 0. The zero-order valence-electron chi connectivity index (χ0n) is 5.70. The normalized spacial score (nSPS) is 6.18. The Morgan fingerprint density at radius 3 is 1.64 bits per heavy atom. The van der Waals surface area contributed by atoms with Crippen molar-refractivity contribution in [2.24, 2.45) is 0 Å². The largest absolute Gasteiger partial charge is 0 e. The predicted molar refractivity (Wildman–Crippen MR) is 31.8 cm³/mol. The maximum atomic E-state index is 8.50. The Balaban J connectivity index is 0. The summed E-state index contributed by atoms with van der Waals surface area (Å²) in [6.45, 7) is 0. The third kappa shape index (κ3) is 10.0. The Bertz CT molecular complexity index is 209. The number of nitrogens with one attached hydrogen (secondary N) is 1. The van der Waals surface area contributed by atoms with Crippen LogP contribution in [0.5, 0.6) is 0 Å². The summed E-state index contributed by atoms with van der Waals surface area (Å²) >= 11 is -2.00. The van der Waals surface area contributed by atoms with Gasteiger partial charge in [0.15, 0.2) is 0 Å². The maximum absolute atomic E-state index is 8.50. The van der Waals surface area contributed by atoms with E-state index in [1.165, 1.54) is 0 Å². The zero-order valence-corrected chi connectivity index (χ0v) is 8.83. The first-order chi connectivity index (χ1) is 4.81. The first-order valence-electron chi connectivity index (χ1n) is 2.57. The number of benzene rings is 1. The van der Waals surface area contributed by atoms with Crippen LogP contribution in [-0.2, 0) is 47.5 Å². The standard InChI is InChI=1S/C6H6N.2O.2Ti/c7-6-4-2-1-3-5-6;;;;/h1-5,7H;;;;/q-1;;;;. The first-order valence-corrected chi connectivity index (χ1v) is 3.84. The Morgan fingerprint density at radius 1 is 1.09 bits per heavy atom. The van der Waals surface area contributed by atoms with Crippen LogP contribution in [0.3, 0.4) is 0 Å². The quantitative estimate of drug-likeness (QED) is 0.628. The van der Waals surface area contributed by atoms with Crippen LogP contribution in [-0.4, -0.2) is 0 Å². The van der Waals surface area contributed by atoms with E-state index in [1.807, 2.05) is 18.2 Å². The van der Waals surface area contributed by atoms with E-state index in [-0.39, 0.29) is 21.7 Å². The molecule has 1 rings (SSSR count). The van der Waals surface area contributed by atoms with E-state index in [2.05, 4.69) is 0 Å². The molecule has 0 fully saturated rings. The molecular weight excluding hydrogens is 214 g/mol. The van der Waals surface area contributed by atoms with Gasteiger partial charge in [-0.3, -0.25) is 0 Å². The van der Waals surface area contributed by atoms with Crippen molar-refractivity contribution in [2.45, 2.75) is 0 Å². The summed E-state index contributed by atoms with van der Waals surface area (Å²) in [6, 6.07) is 9.10. The van der Waals surface area contributed by atoms with Crippen LogP contribution >= 0.6 is 0 Å². The van der Waals surface area contributed by atoms with Crippen molar-refractivity contribution in [3.63, 3.8) is 0 Å². The molecule has 0 radical (unpaired) electrons. The summed E-state index contributed by atoms with van der Waals surface area (Å²) < 4.78 is 17.0. The monoisotopic (exact) mass is 220 g/mol. The third-order valence-electron chi connectivity index (χ3n) is 0.774. The minimum atomic E-state index is -2.00. The average Bonchev–Trinajstić information content (AvgIpc) is 1.91. The van der Waals surface area contributed by atoms with Gasteiger partial charge >= 0.3 is 25.7 Å². The molecule has 0 saturated heterocycles. The Kier molecular flexibility index (Phi) is 12.4. The van der Waals surface area contributed by atoms with Crippen molar-refractivity contribution in [3.8, 4) is 0 Å². The molecule has 0 saturated carbocycles. The van der Waals surface area contributed by atoms with Gasteiger partial charge in [0.05, 0.1) is 0 Å². The van der Waals surface area contributed by atoms with Crippen molar-refractivity contribution in [3.05, 3.63) is 36.1 Å². The minimum Gasteiger partial charge on any atom is 0 e. The van der Waals surface area contributed by atoms with Crippen molar-refractivity contribution >= 4 is 5.69 Å². The number of hydrogen-bond donors (Lipinski definition) is 0. The second-order valence-corrected chi connectivity index (χ2v) is 1.71. The Labute approximate surface area is 88.8 Å². The molecular formula is C6H6NO2Ti2-. The molecule has 1 N–H and O–H groups in total. The van der Waals surface area contributed by atoms with Crippen molar-refractivity contribution in [2.75, 3.05) is 0 Å². The van der Waals surface area contributed by atoms with Crippen molar-refractivity contribution in [1.29, 1.82) is 0 Å². The van der Waals surface area contributed by atoms with Crippen molar-refractivity contribution in [1.82, 2.24) is 0 Å². The van der Waals surface area contributed by atoms with Crippen LogP contribution in [0.4, 0.5) is 5.69 Å². The molecule has 0 bridgehead atoms. The van der Waals surface area contributed by atoms with Crippen molar-refractivity contribution < 1.29 is 47.5 Å². The van der Waals surface area contributed by atoms with Gasteiger partial charge in [0.25, 0.3) is 0 Å². The summed E-state index contributed by atoms with van der Waals surface area (Å²) in [4.78, 5) is 0. The molecule has 1 aromatic carbocycles. The maximum Gasteiger partial charge on any atom is 0 e. The van der Waals surface area contributed by atoms with Crippen LogP contribution in [0.25, 0.3) is 5.73 Å². The summed E-state index contributed by atoms with van der Waals surface area (Å²) in [5.41, 5.74) is 7.57. The SMILES string of the molecule is [NH-]c1ccccc1.[O]=[Ti]=[O].[Ti]. The number of hydrogen-bond acceptors (Lipinski definition) is 2. The summed E-state index contributed by atoms with van der Waals surface area (Å²) in [5, 5.41) is 0. The molecule has 0 aliphatic heterocycles. The fourth-order valence-electron chi connectivity index (χ4n) is 0.438. The fourth-order valence-corrected chi connectivity index (χ4v) is 0.438. The fraction of sp³-hybridized carbons (Fsp3) is 0. The van der Waals surface area contributed by atoms with Gasteiger partial charge in [0, 0.05) is 21.7 Å². The van der Waals surface area contributed by atoms with Gasteiger partial charge in [-0.15, -0.1) is 5.69 Å². The van der Waals surface area contributed by atoms with Crippen LogP contribution in [0, 0.1) is 0 Å². The molecule has 3 nitrogen and oxygen atoms in total. The van der Waals surface area contributed by atoms with E-state index in [0.717, 1.165) is 0 Å². The number of rotatable bonds is 0. The predicted octanol–water partition coefficient (Wildman–Crippen LogP) is 2.13. The molecule has 0 amide bonds. The van der Waals surface area contributed by atoms with Gasteiger partial charge in [-0.05, 0) is 0 Å². The molecule has 5 heteroatoms. The molecule has 0 spiro atoms. The first kappa shape index (κ1) is 13.6. The van der Waals surface area contributed by atoms with E-state index in [9.17, 15) is 0 Å². The van der Waals surface area contributed by atoms with Gasteiger partial charge < -0.3 is 5.73 Å². The molecule has 0 aromatic heterocycles. The second kappa shape index (κ2) is 10.0. The summed E-state index contributed by atoms with van der Waals surface area (Å²) in [5.74, 6) is 0. The molecule has 0 unspecified atom stereocenters. The van der Waals surface area contributed by atoms with E-state index in [1.54, 1.807) is 12.1 Å². The molecule has 1 aromatic rings. The summed E-state index contributed by atoms with van der Waals surface area (Å²) in [7, 11) is 0. The Hall–Kier alpha value is 0.0486. The Morgan fingerprint density at radius 2 is 1.45 bits per heavy atom. The average molecular weight is 220 g/mol. The van der Waals surface area contributed by atoms with Gasteiger partial charge in [-0.1, -0.05) is 30.3 Å². The smallest absolute Gasteiger partial charge is 0 e. The van der Waals surface area contributed by atoms with E-state index in [0.29, 0.717) is 5.69 Å². The zero-order chi connectivity index (χ0) is 7.82. The molecule has 11 heavy (non-hydrogen) atoms. The molecule has 0 heterocycles. The van der Waals surface area contributed by atoms with Gasteiger partial charge in [-0.2, -0.15) is 0 Å². The second-order valence-electron chi connectivity index (χ2n) is 1.45. The van der Waals surface area contributed by atoms with Gasteiger partial charge in [0.2, 0.25) is 0 Å².